The van der Waals surface area contributed by atoms with Crippen molar-refractivity contribution in [2.24, 2.45) is 0 Å². The molecule has 2 N–H and O–H groups in total. The number of furan rings is 1. The lowest BCUT2D eigenvalue weighted by atomic mass is 10.1. The molecule has 4 aromatic rings. The molecule has 0 atom stereocenters. The average Bonchev–Trinajstić information content (AvgIpc) is 3.34. The molecule has 164 valence electrons. The lowest BCUT2D eigenvalue weighted by Crippen LogP contribution is -2.30. The van der Waals surface area contributed by atoms with Gasteiger partial charge in [0.05, 0.1) is 6.26 Å². The molecule has 0 aliphatic rings. The molecular formula is C27H23N3O3. The van der Waals surface area contributed by atoms with Crippen LogP contribution < -0.4 is 10.6 Å². The Morgan fingerprint density at radius 3 is 2.39 bits per heavy atom. The minimum Gasteiger partial charge on any atom is -0.465 e. The highest BCUT2D eigenvalue weighted by molar-refractivity contribution is 6.10. The van der Waals surface area contributed by atoms with Crippen molar-refractivity contribution < 1.29 is 14.0 Å². The van der Waals surface area contributed by atoms with Gasteiger partial charge in [0.15, 0.2) is 0 Å². The standard InChI is InChI=1S/C27H23N3O3/c1-19-4-2-5-22(16-19)26(31)30-25(18-24-6-3-15-33-24)27(32)29-23-9-7-20(8-10-23)17-21-11-13-28-14-12-21/h2-16,18H,17H2,1H3,(H,29,32)(H,30,31)/b25-18-. The van der Waals surface area contributed by atoms with Gasteiger partial charge in [-0.2, -0.15) is 0 Å². The monoisotopic (exact) mass is 437 g/mol. The minimum atomic E-state index is -0.450. The van der Waals surface area contributed by atoms with Crippen LogP contribution in [0.5, 0.6) is 0 Å². The van der Waals surface area contributed by atoms with Gasteiger partial charge in [-0.25, -0.2) is 0 Å². The van der Waals surface area contributed by atoms with Crippen LogP contribution in [-0.2, 0) is 11.2 Å². The predicted molar refractivity (Wildman–Crippen MR) is 127 cm³/mol. The second-order valence-corrected chi connectivity index (χ2v) is 7.58. The Morgan fingerprint density at radius 2 is 1.70 bits per heavy atom. The third-order valence-corrected chi connectivity index (χ3v) is 4.97. The van der Waals surface area contributed by atoms with Crippen LogP contribution in [0.25, 0.3) is 6.08 Å². The summed E-state index contributed by atoms with van der Waals surface area (Å²) in [6.45, 7) is 1.90. The number of aromatic nitrogens is 1. The predicted octanol–water partition coefficient (Wildman–Crippen LogP) is 4.98. The molecule has 0 bridgehead atoms. The molecule has 0 saturated carbocycles. The summed E-state index contributed by atoms with van der Waals surface area (Å²) in [5.74, 6) is -0.369. The van der Waals surface area contributed by atoms with E-state index in [-0.39, 0.29) is 11.6 Å². The van der Waals surface area contributed by atoms with Gasteiger partial charge >= 0.3 is 0 Å². The van der Waals surface area contributed by atoms with Crippen molar-refractivity contribution in [2.75, 3.05) is 5.32 Å². The molecule has 0 aliphatic carbocycles. The molecule has 0 aliphatic heterocycles. The van der Waals surface area contributed by atoms with Crippen LogP contribution in [-0.4, -0.2) is 16.8 Å². The third kappa shape index (κ3) is 6.04. The number of nitrogens with zero attached hydrogens (tertiary/aromatic N) is 1. The van der Waals surface area contributed by atoms with E-state index in [0.29, 0.717) is 17.0 Å². The Balaban J connectivity index is 1.49. The summed E-state index contributed by atoms with van der Waals surface area (Å²) >= 11 is 0. The molecule has 33 heavy (non-hydrogen) atoms. The van der Waals surface area contributed by atoms with Gasteiger partial charge in [-0.15, -0.1) is 0 Å². The maximum absolute atomic E-state index is 13.0. The number of pyridine rings is 1. The summed E-state index contributed by atoms with van der Waals surface area (Å²) in [5.41, 5.74) is 4.39. The number of benzene rings is 2. The molecule has 0 unspecified atom stereocenters. The smallest absolute Gasteiger partial charge is 0.272 e. The number of amides is 2. The number of hydrogen-bond acceptors (Lipinski definition) is 4. The van der Waals surface area contributed by atoms with Crippen LogP contribution in [0.2, 0.25) is 0 Å². The van der Waals surface area contributed by atoms with Crippen LogP contribution in [0.4, 0.5) is 5.69 Å². The van der Waals surface area contributed by atoms with E-state index in [2.05, 4.69) is 15.6 Å². The molecule has 2 amide bonds. The Labute approximate surface area is 192 Å². The van der Waals surface area contributed by atoms with Crippen molar-refractivity contribution in [3.8, 4) is 0 Å². The third-order valence-electron chi connectivity index (χ3n) is 4.97. The summed E-state index contributed by atoms with van der Waals surface area (Å²) in [5, 5.41) is 5.55. The molecule has 0 radical (unpaired) electrons. The van der Waals surface area contributed by atoms with Crippen LogP contribution in [0.3, 0.4) is 0 Å². The zero-order valence-electron chi connectivity index (χ0n) is 18.1. The lowest BCUT2D eigenvalue weighted by Gasteiger charge is -2.12. The molecule has 2 aromatic carbocycles. The lowest BCUT2D eigenvalue weighted by molar-refractivity contribution is -0.113. The van der Waals surface area contributed by atoms with Gasteiger partial charge in [0.2, 0.25) is 0 Å². The Morgan fingerprint density at radius 1 is 0.939 bits per heavy atom. The SMILES string of the molecule is Cc1cccc(C(=O)N/C(=C\c2ccco2)C(=O)Nc2ccc(Cc3ccncc3)cc2)c1. The highest BCUT2D eigenvalue weighted by Crippen LogP contribution is 2.15. The Bertz CT molecular complexity index is 1260. The molecule has 0 spiro atoms. The van der Waals surface area contributed by atoms with E-state index in [1.54, 1.807) is 42.7 Å². The Kier molecular flexibility index (Phi) is 6.75. The summed E-state index contributed by atoms with van der Waals surface area (Å²) < 4.78 is 5.33. The summed E-state index contributed by atoms with van der Waals surface area (Å²) in [6.07, 6.45) is 7.31. The molecular weight excluding hydrogens is 414 g/mol. The number of hydrogen-bond donors (Lipinski definition) is 2. The van der Waals surface area contributed by atoms with Crippen LogP contribution >= 0.6 is 0 Å². The number of carbonyl (C=O) groups excluding carboxylic acids is 2. The minimum absolute atomic E-state index is 0.0809. The zero-order valence-corrected chi connectivity index (χ0v) is 18.1. The fourth-order valence-corrected chi connectivity index (χ4v) is 3.30. The number of nitrogens with one attached hydrogen (secondary N) is 2. The van der Waals surface area contributed by atoms with Crippen molar-refractivity contribution in [3.05, 3.63) is 125 Å². The molecule has 2 aromatic heterocycles. The van der Waals surface area contributed by atoms with Gasteiger partial charge in [-0.1, -0.05) is 29.8 Å². The number of rotatable bonds is 7. The maximum atomic E-state index is 13.0. The first-order valence-electron chi connectivity index (χ1n) is 10.5. The molecule has 0 fully saturated rings. The fourth-order valence-electron chi connectivity index (χ4n) is 3.30. The second kappa shape index (κ2) is 10.2. The van der Waals surface area contributed by atoms with E-state index in [9.17, 15) is 9.59 Å². The van der Waals surface area contributed by atoms with Crippen molar-refractivity contribution in [2.45, 2.75) is 13.3 Å². The van der Waals surface area contributed by atoms with E-state index in [1.165, 1.54) is 12.3 Å². The number of aryl methyl sites for hydroxylation is 1. The first-order chi connectivity index (χ1) is 16.1. The number of anilines is 1. The molecule has 2 heterocycles. The Hall–Kier alpha value is -4.45. The molecule has 6 nitrogen and oxygen atoms in total. The largest absolute Gasteiger partial charge is 0.465 e. The molecule has 4 rings (SSSR count). The van der Waals surface area contributed by atoms with Crippen molar-refractivity contribution in [1.29, 1.82) is 0 Å². The van der Waals surface area contributed by atoms with E-state index in [4.69, 9.17) is 4.42 Å². The molecule has 6 heteroatoms. The first kappa shape index (κ1) is 21.8. The van der Waals surface area contributed by atoms with E-state index in [1.807, 2.05) is 49.4 Å². The van der Waals surface area contributed by atoms with E-state index >= 15 is 0 Å². The highest BCUT2D eigenvalue weighted by Gasteiger charge is 2.16. The van der Waals surface area contributed by atoms with Crippen molar-refractivity contribution >= 4 is 23.6 Å². The normalized spacial score (nSPS) is 11.1. The number of carbonyl (C=O) groups is 2. The molecule has 0 saturated heterocycles. The van der Waals surface area contributed by atoms with Gasteiger partial charge < -0.3 is 15.1 Å². The van der Waals surface area contributed by atoms with Crippen LogP contribution in [0.1, 0.15) is 32.8 Å². The van der Waals surface area contributed by atoms with E-state index in [0.717, 1.165) is 23.1 Å². The topological polar surface area (TPSA) is 84.2 Å². The fraction of sp³-hybridized carbons (Fsp3) is 0.0741. The van der Waals surface area contributed by atoms with Gasteiger partial charge in [0, 0.05) is 29.7 Å². The van der Waals surface area contributed by atoms with Gasteiger partial charge in [0.1, 0.15) is 11.5 Å². The van der Waals surface area contributed by atoms with Crippen molar-refractivity contribution in [1.82, 2.24) is 10.3 Å². The summed E-state index contributed by atoms with van der Waals surface area (Å²) in [6, 6.07) is 22.1. The van der Waals surface area contributed by atoms with Gasteiger partial charge in [-0.05, 0) is 73.0 Å². The van der Waals surface area contributed by atoms with E-state index < -0.39 is 5.91 Å². The first-order valence-corrected chi connectivity index (χ1v) is 10.5. The quantitative estimate of drug-likeness (QED) is 0.399. The maximum Gasteiger partial charge on any atom is 0.272 e. The summed E-state index contributed by atoms with van der Waals surface area (Å²) in [4.78, 5) is 29.8. The van der Waals surface area contributed by atoms with Gasteiger partial charge in [0.25, 0.3) is 11.8 Å². The zero-order chi connectivity index (χ0) is 23.0. The van der Waals surface area contributed by atoms with Gasteiger partial charge in [-0.3, -0.25) is 14.6 Å². The van der Waals surface area contributed by atoms with Crippen LogP contribution in [0.15, 0.2) is 102 Å². The van der Waals surface area contributed by atoms with Crippen molar-refractivity contribution in [3.63, 3.8) is 0 Å². The highest BCUT2D eigenvalue weighted by atomic mass is 16.3. The van der Waals surface area contributed by atoms with Crippen LogP contribution in [0, 0.1) is 6.92 Å². The average molecular weight is 437 g/mol. The summed E-state index contributed by atoms with van der Waals surface area (Å²) in [7, 11) is 0. The second-order valence-electron chi connectivity index (χ2n) is 7.58.